The first-order valence-electron chi connectivity index (χ1n) is 7.10. The van der Waals surface area contributed by atoms with Crippen LogP contribution in [-0.4, -0.2) is 14.6 Å². The average Bonchev–Trinajstić information content (AvgIpc) is 2.79. The molecule has 0 aliphatic heterocycles. The van der Waals surface area contributed by atoms with Crippen LogP contribution in [-0.2, 0) is 6.42 Å². The van der Waals surface area contributed by atoms with E-state index in [4.69, 9.17) is 5.84 Å². The summed E-state index contributed by atoms with van der Waals surface area (Å²) in [5.41, 5.74) is 2.63. The maximum Gasteiger partial charge on any atom is 0.289 e. The summed E-state index contributed by atoms with van der Waals surface area (Å²) in [6.07, 6.45) is 2.72. The second-order valence-corrected chi connectivity index (χ2v) is 6.35. The quantitative estimate of drug-likeness (QED) is 0.755. The number of aromatic nitrogens is 3. The van der Waals surface area contributed by atoms with E-state index in [-0.39, 0.29) is 5.56 Å². The molecule has 0 saturated carbocycles. The van der Waals surface area contributed by atoms with Gasteiger partial charge in [-0.25, -0.2) is 14.6 Å². The van der Waals surface area contributed by atoms with Crippen LogP contribution in [0.5, 0.6) is 0 Å². The van der Waals surface area contributed by atoms with Crippen molar-refractivity contribution in [1.82, 2.24) is 14.6 Å². The van der Waals surface area contributed by atoms with Crippen LogP contribution in [0, 0.1) is 13.8 Å². The third-order valence-electron chi connectivity index (χ3n) is 3.65. The van der Waals surface area contributed by atoms with Gasteiger partial charge in [-0.2, -0.15) is 0 Å². The molecular weight excluding hydrogens is 284 g/mol. The van der Waals surface area contributed by atoms with Crippen molar-refractivity contribution in [2.24, 2.45) is 0 Å². The molecule has 3 heterocycles. The Labute approximate surface area is 126 Å². The summed E-state index contributed by atoms with van der Waals surface area (Å²) >= 11 is 1.38. The highest BCUT2D eigenvalue weighted by atomic mass is 32.1. The van der Waals surface area contributed by atoms with Crippen molar-refractivity contribution in [1.29, 1.82) is 0 Å². The highest BCUT2D eigenvalue weighted by Gasteiger charge is 2.16. The van der Waals surface area contributed by atoms with E-state index in [1.54, 1.807) is 0 Å². The van der Waals surface area contributed by atoms with Crippen molar-refractivity contribution in [3.8, 4) is 0 Å². The highest BCUT2D eigenvalue weighted by Crippen LogP contribution is 2.32. The maximum absolute atomic E-state index is 12.5. The number of hydrogen-bond donors (Lipinski definition) is 1. The third-order valence-corrected chi connectivity index (χ3v) is 4.71. The number of rotatable bonds is 3. The van der Waals surface area contributed by atoms with Gasteiger partial charge >= 0.3 is 0 Å². The van der Waals surface area contributed by atoms with Gasteiger partial charge in [0, 0.05) is 17.5 Å². The molecule has 0 bridgehead atoms. The number of fused-ring (bicyclic) bond motifs is 3. The first kappa shape index (κ1) is 14.0. The Kier molecular flexibility index (Phi) is 3.41. The first-order valence-corrected chi connectivity index (χ1v) is 7.92. The molecule has 3 rings (SSSR count). The number of nitrogens with two attached hydrogens (primary N) is 1. The molecule has 3 aromatic rings. The lowest BCUT2D eigenvalue weighted by atomic mass is 10.1. The fourth-order valence-corrected chi connectivity index (χ4v) is 3.77. The molecule has 0 fully saturated rings. The lowest BCUT2D eigenvalue weighted by Gasteiger charge is -2.06. The van der Waals surface area contributed by atoms with Crippen LogP contribution < -0.4 is 11.4 Å². The largest absolute Gasteiger partial charge is 0.335 e. The summed E-state index contributed by atoms with van der Waals surface area (Å²) in [5, 5.41) is 0.982. The van der Waals surface area contributed by atoms with Crippen molar-refractivity contribution < 1.29 is 0 Å². The molecule has 0 amide bonds. The summed E-state index contributed by atoms with van der Waals surface area (Å²) in [6, 6.07) is 2.02. The van der Waals surface area contributed by atoms with Crippen molar-refractivity contribution in [3.05, 3.63) is 33.5 Å². The number of nitrogens with zero attached hydrogens (tertiary/aromatic N) is 3. The van der Waals surface area contributed by atoms with Gasteiger partial charge in [0.15, 0.2) is 0 Å². The molecule has 3 aromatic heterocycles. The zero-order valence-electron chi connectivity index (χ0n) is 12.4. The Morgan fingerprint density at radius 1 is 1.33 bits per heavy atom. The van der Waals surface area contributed by atoms with E-state index in [1.165, 1.54) is 16.0 Å². The summed E-state index contributed by atoms with van der Waals surface area (Å²) in [5.74, 6) is 6.55. The second kappa shape index (κ2) is 5.11. The van der Waals surface area contributed by atoms with Crippen LogP contribution in [0.3, 0.4) is 0 Å². The Hall–Kier alpha value is -1.95. The maximum atomic E-state index is 12.5. The number of pyridine rings is 1. The molecule has 0 aliphatic carbocycles. The average molecular weight is 302 g/mol. The van der Waals surface area contributed by atoms with Crippen LogP contribution in [0.25, 0.3) is 20.4 Å². The molecule has 5 nitrogen and oxygen atoms in total. The molecule has 110 valence electrons. The SMILES string of the molecule is CCCCc1nc2c(sc3nc(C)cc(C)c32)c(=O)n1N. The predicted octanol–water partition coefficient (Wildman–Crippen LogP) is 2.68. The number of nitrogen functional groups attached to an aromatic ring is 1. The van der Waals surface area contributed by atoms with Gasteiger partial charge in [0.2, 0.25) is 0 Å². The van der Waals surface area contributed by atoms with Crippen molar-refractivity contribution in [2.75, 3.05) is 5.84 Å². The zero-order valence-corrected chi connectivity index (χ0v) is 13.3. The van der Waals surface area contributed by atoms with Crippen LogP contribution in [0.1, 0.15) is 36.8 Å². The van der Waals surface area contributed by atoms with E-state index in [0.717, 1.165) is 39.8 Å². The standard InChI is InChI=1S/C15H18N4OS/c1-4-5-6-10-18-12-11-8(2)7-9(3)17-14(11)21-13(12)15(20)19(10)16/h7H,4-6,16H2,1-3H3. The zero-order chi connectivity index (χ0) is 15.1. The molecule has 0 aliphatic rings. The Balaban J connectivity index is 2.39. The van der Waals surface area contributed by atoms with E-state index in [9.17, 15) is 4.79 Å². The second-order valence-electron chi connectivity index (χ2n) is 5.35. The van der Waals surface area contributed by atoms with Gasteiger partial charge in [0.1, 0.15) is 15.4 Å². The number of aryl methyl sites for hydroxylation is 3. The van der Waals surface area contributed by atoms with Gasteiger partial charge in [-0.3, -0.25) is 4.79 Å². The molecular formula is C15H18N4OS. The first-order chi connectivity index (χ1) is 10.0. The van der Waals surface area contributed by atoms with E-state index in [2.05, 4.69) is 16.9 Å². The predicted molar refractivity (Wildman–Crippen MR) is 87.4 cm³/mol. The molecule has 6 heteroatoms. The summed E-state index contributed by atoms with van der Waals surface area (Å²) in [7, 11) is 0. The van der Waals surface area contributed by atoms with E-state index < -0.39 is 0 Å². The monoisotopic (exact) mass is 302 g/mol. The molecule has 0 aromatic carbocycles. The molecule has 0 atom stereocenters. The van der Waals surface area contributed by atoms with Gasteiger partial charge in [-0.05, 0) is 31.9 Å². The molecule has 0 saturated heterocycles. The Bertz CT molecular complexity index is 894. The molecule has 21 heavy (non-hydrogen) atoms. The van der Waals surface area contributed by atoms with Crippen molar-refractivity contribution in [3.63, 3.8) is 0 Å². The molecule has 0 unspecified atom stereocenters. The topological polar surface area (TPSA) is 73.8 Å². The van der Waals surface area contributed by atoms with E-state index in [1.807, 2.05) is 19.9 Å². The minimum Gasteiger partial charge on any atom is -0.335 e. The summed E-state index contributed by atoms with van der Waals surface area (Å²) in [4.78, 5) is 22.5. The van der Waals surface area contributed by atoms with Crippen molar-refractivity contribution in [2.45, 2.75) is 40.0 Å². The fraction of sp³-hybridized carbons (Fsp3) is 0.400. The highest BCUT2D eigenvalue weighted by molar-refractivity contribution is 7.25. The number of unbranched alkanes of at least 4 members (excludes halogenated alkanes) is 1. The van der Waals surface area contributed by atoms with Gasteiger partial charge < -0.3 is 5.84 Å². The van der Waals surface area contributed by atoms with E-state index in [0.29, 0.717) is 16.9 Å². The van der Waals surface area contributed by atoms with Gasteiger partial charge in [-0.15, -0.1) is 11.3 Å². The Morgan fingerprint density at radius 2 is 2.10 bits per heavy atom. The molecule has 0 spiro atoms. The van der Waals surface area contributed by atoms with E-state index >= 15 is 0 Å². The van der Waals surface area contributed by atoms with Crippen LogP contribution in [0.2, 0.25) is 0 Å². The van der Waals surface area contributed by atoms with Crippen LogP contribution >= 0.6 is 11.3 Å². The molecule has 2 N–H and O–H groups in total. The number of hydrogen-bond acceptors (Lipinski definition) is 5. The number of thiophene rings is 1. The van der Waals surface area contributed by atoms with Crippen LogP contribution in [0.4, 0.5) is 0 Å². The summed E-state index contributed by atoms with van der Waals surface area (Å²) < 4.78 is 1.78. The van der Waals surface area contributed by atoms with Gasteiger partial charge in [0.25, 0.3) is 5.56 Å². The van der Waals surface area contributed by atoms with Crippen molar-refractivity contribution >= 4 is 31.8 Å². The third kappa shape index (κ3) is 2.19. The van der Waals surface area contributed by atoms with Gasteiger partial charge in [-0.1, -0.05) is 13.3 Å². The van der Waals surface area contributed by atoms with Crippen LogP contribution in [0.15, 0.2) is 10.9 Å². The van der Waals surface area contributed by atoms with Gasteiger partial charge in [0.05, 0.1) is 5.52 Å². The Morgan fingerprint density at radius 3 is 2.81 bits per heavy atom. The lowest BCUT2D eigenvalue weighted by molar-refractivity contribution is 0.707. The minimum absolute atomic E-state index is 0.175. The normalized spacial score (nSPS) is 11.6. The summed E-state index contributed by atoms with van der Waals surface area (Å²) in [6.45, 7) is 6.09. The fourth-order valence-electron chi connectivity index (χ4n) is 2.60. The lowest BCUT2D eigenvalue weighted by Crippen LogP contribution is -2.31. The molecule has 0 radical (unpaired) electrons. The minimum atomic E-state index is -0.175. The smallest absolute Gasteiger partial charge is 0.289 e.